The molecule has 0 spiro atoms. The third-order valence-electron chi connectivity index (χ3n) is 7.77. The van der Waals surface area contributed by atoms with E-state index in [2.05, 4.69) is 0 Å². The molecule has 1 aliphatic heterocycles. The number of ether oxygens (including phenoxy) is 12. The first-order valence-electron chi connectivity index (χ1n) is 18.4. The highest BCUT2D eigenvalue weighted by Gasteiger charge is 2.15. The molecule has 0 unspecified atom stereocenters. The van der Waals surface area contributed by atoms with Crippen LogP contribution in [-0.2, 0) is 41.6 Å². The summed E-state index contributed by atoms with van der Waals surface area (Å²) in [5.41, 5.74) is 2.07. The van der Waals surface area contributed by atoms with Crippen molar-refractivity contribution in [2.45, 2.75) is 13.2 Å². The molecule has 0 fully saturated rings. The molecule has 0 aromatic heterocycles. The average molecular weight is 749 g/mol. The van der Waals surface area contributed by atoms with E-state index in [4.69, 9.17) is 56.8 Å². The molecular formula is C42H52O12. The molecule has 0 saturated carbocycles. The van der Waals surface area contributed by atoms with Crippen LogP contribution in [0.2, 0.25) is 0 Å². The molecule has 0 N–H and O–H groups in total. The van der Waals surface area contributed by atoms with Gasteiger partial charge in [0.15, 0.2) is 23.0 Å². The maximum atomic E-state index is 6.20. The zero-order valence-electron chi connectivity index (χ0n) is 30.9. The van der Waals surface area contributed by atoms with Crippen LogP contribution in [0, 0.1) is 0 Å². The van der Waals surface area contributed by atoms with Crippen molar-refractivity contribution in [3.63, 3.8) is 0 Å². The molecule has 0 amide bonds. The summed E-state index contributed by atoms with van der Waals surface area (Å²) in [6.07, 6.45) is 0. The minimum absolute atomic E-state index is 0.330. The van der Waals surface area contributed by atoms with E-state index < -0.39 is 0 Å². The van der Waals surface area contributed by atoms with Gasteiger partial charge in [-0.3, -0.25) is 0 Å². The van der Waals surface area contributed by atoms with E-state index in [1.165, 1.54) is 0 Å². The van der Waals surface area contributed by atoms with Gasteiger partial charge in [0, 0.05) is 0 Å². The van der Waals surface area contributed by atoms with E-state index >= 15 is 0 Å². The van der Waals surface area contributed by atoms with Crippen LogP contribution in [0.1, 0.15) is 11.1 Å². The zero-order chi connectivity index (χ0) is 37.1. The highest BCUT2D eigenvalue weighted by Crippen LogP contribution is 2.39. The first-order chi connectivity index (χ1) is 26.9. The summed E-state index contributed by atoms with van der Waals surface area (Å²) < 4.78 is 70.9. The molecule has 12 nitrogen and oxygen atoms in total. The Morgan fingerprint density at radius 2 is 0.556 bits per heavy atom. The molecule has 0 atom stereocenters. The second-order valence-electron chi connectivity index (χ2n) is 11.8. The number of hydrogen-bond acceptors (Lipinski definition) is 12. The summed E-state index contributed by atoms with van der Waals surface area (Å²) in [4.78, 5) is 0. The van der Waals surface area contributed by atoms with Gasteiger partial charge in [-0.05, 0) is 35.4 Å². The molecule has 1 aliphatic rings. The lowest BCUT2D eigenvalue weighted by atomic mass is 10.2. The van der Waals surface area contributed by atoms with Gasteiger partial charge >= 0.3 is 0 Å². The fraction of sp³-hybridized carbons (Fsp3) is 0.429. The molecule has 12 heteroatoms. The summed E-state index contributed by atoms with van der Waals surface area (Å²) in [6, 6.07) is 31.0. The number of fused-ring (bicyclic) bond motifs is 4. The van der Waals surface area contributed by atoms with Crippen LogP contribution in [0.15, 0.2) is 97.1 Å². The summed E-state index contributed by atoms with van der Waals surface area (Å²) in [5, 5.41) is 0. The van der Waals surface area contributed by atoms with E-state index in [9.17, 15) is 0 Å². The Balaban J connectivity index is 1.10. The van der Waals surface area contributed by atoms with Gasteiger partial charge in [-0.2, -0.15) is 0 Å². The van der Waals surface area contributed by atoms with Crippen molar-refractivity contribution in [3.05, 3.63) is 108 Å². The summed E-state index contributed by atoms with van der Waals surface area (Å²) in [6.45, 7) is 7.01. The molecule has 54 heavy (non-hydrogen) atoms. The Morgan fingerprint density at radius 1 is 0.296 bits per heavy atom. The van der Waals surface area contributed by atoms with Crippen molar-refractivity contribution in [1.29, 1.82) is 0 Å². The van der Waals surface area contributed by atoms with Crippen LogP contribution in [0.5, 0.6) is 34.5 Å². The SMILES string of the molecule is c1ccc(COc2c3cccc2OCCOCCOCCOCCOc2cccc(c2OCc2ccccc2)OCCOCCOCCOCCO3)cc1. The predicted molar refractivity (Wildman–Crippen MR) is 201 cm³/mol. The molecule has 0 aliphatic carbocycles. The van der Waals surface area contributed by atoms with Crippen molar-refractivity contribution in [2.75, 3.05) is 106 Å². The van der Waals surface area contributed by atoms with Gasteiger partial charge in [-0.25, -0.2) is 0 Å². The minimum Gasteiger partial charge on any atom is -0.487 e. The van der Waals surface area contributed by atoms with E-state index in [0.29, 0.717) is 153 Å². The van der Waals surface area contributed by atoms with Crippen LogP contribution >= 0.6 is 0 Å². The summed E-state index contributed by atoms with van der Waals surface area (Å²) in [5.74, 6) is 3.34. The van der Waals surface area contributed by atoms with Crippen molar-refractivity contribution in [1.82, 2.24) is 0 Å². The maximum Gasteiger partial charge on any atom is 0.203 e. The van der Waals surface area contributed by atoms with Crippen molar-refractivity contribution < 1.29 is 56.8 Å². The van der Waals surface area contributed by atoms with E-state index in [1.807, 2.05) is 97.1 Å². The molecule has 5 rings (SSSR count). The largest absolute Gasteiger partial charge is 0.487 e. The number of para-hydroxylation sites is 2. The van der Waals surface area contributed by atoms with Gasteiger partial charge < -0.3 is 56.8 Å². The Bertz CT molecular complexity index is 1370. The quantitative estimate of drug-likeness (QED) is 0.225. The highest BCUT2D eigenvalue weighted by atomic mass is 16.6. The molecular weight excluding hydrogens is 696 g/mol. The number of benzene rings is 4. The summed E-state index contributed by atoms with van der Waals surface area (Å²) in [7, 11) is 0. The fourth-order valence-corrected chi connectivity index (χ4v) is 5.12. The first-order valence-corrected chi connectivity index (χ1v) is 18.4. The molecule has 4 aromatic carbocycles. The smallest absolute Gasteiger partial charge is 0.203 e. The van der Waals surface area contributed by atoms with Crippen molar-refractivity contribution in [3.8, 4) is 34.5 Å². The van der Waals surface area contributed by atoms with E-state index in [-0.39, 0.29) is 0 Å². The second kappa shape index (κ2) is 25.5. The van der Waals surface area contributed by atoms with Crippen LogP contribution in [0.4, 0.5) is 0 Å². The predicted octanol–water partition coefficient (Wildman–Crippen LogP) is 6.17. The van der Waals surface area contributed by atoms with Gasteiger partial charge in [0.2, 0.25) is 11.5 Å². The number of rotatable bonds is 6. The van der Waals surface area contributed by atoms with Crippen LogP contribution < -0.4 is 28.4 Å². The maximum absolute atomic E-state index is 6.20. The molecule has 4 aromatic rings. The lowest BCUT2D eigenvalue weighted by Crippen LogP contribution is -2.15. The van der Waals surface area contributed by atoms with Gasteiger partial charge in [0.1, 0.15) is 39.6 Å². The van der Waals surface area contributed by atoms with Gasteiger partial charge in [-0.15, -0.1) is 0 Å². The lowest BCUT2D eigenvalue weighted by Gasteiger charge is -2.17. The molecule has 1 heterocycles. The molecule has 292 valence electrons. The van der Waals surface area contributed by atoms with Gasteiger partial charge in [0.25, 0.3) is 0 Å². The standard InChI is InChI=1S/C42H52O12/c1-3-9-35(10-4-1)33-53-41-37-13-7-14-38(41)50-30-26-46-22-18-44-20-24-48-28-32-52-40-16-8-15-39(42(40)54-34-36-11-5-2-6-12-36)51-31-27-47-23-19-43-17-21-45-25-29-49-37/h1-16H,17-34H2. The normalized spacial score (nSPS) is 16.7. The molecule has 4 bridgehead atoms. The van der Waals surface area contributed by atoms with Crippen molar-refractivity contribution >= 4 is 0 Å². The lowest BCUT2D eigenvalue weighted by molar-refractivity contribution is 0.00378. The second-order valence-corrected chi connectivity index (χ2v) is 11.8. The molecule has 0 saturated heterocycles. The van der Waals surface area contributed by atoms with E-state index in [0.717, 1.165) is 11.1 Å². The van der Waals surface area contributed by atoms with Crippen molar-refractivity contribution in [2.24, 2.45) is 0 Å². The van der Waals surface area contributed by atoms with Crippen LogP contribution in [-0.4, -0.2) is 106 Å². The Labute approximate surface area is 318 Å². The van der Waals surface area contributed by atoms with Crippen LogP contribution in [0.25, 0.3) is 0 Å². The monoisotopic (exact) mass is 748 g/mol. The first kappa shape index (κ1) is 40.6. The van der Waals surface area contributed by atoms with Crippen LogP contribution in [0.3, 0.4) is 0 Å². The van der Waals surface area contributed by atoms with Gasteiger partial charge in [0.05, 0.1) is 79.3 Å². The third-order valence-corrected chi connectivity index (χ3v) is 7.77. The van der Waals surface area contributed by atoms with E-state index in [1.54, 1.807) is 0 Å². The fourth-order valence-electron chi connectivity index (χ4n) is 5.12. The topological polar surface area (TPSA) is 111 Å². The Morgan fingerprint density at radius 3 is 0.833 bits per heavy atom. The van der Waals surface area contributed by atoms with Gasteiger partial charge in [-0.1, -0.05) is 72.8 Å². The molecule has 0 radical (unpaired) electrons. The Hall–Kier alpha value is -4.56. The average Bonchev–Trinajstić information content (AvgIpc) is 3.21. The summed E-state index contributed by atoms with van der Waals surface area (Å²) >= 11 is 0. The number of hydrogen-bond donors (Lipinski definition) is 0. The minimum atomic E-state index is 0.330. The Kier molecular flexibility index (Phi) is 19.1. The highest BCUT2D eigenvalue weighted by molar-refractivity contribution is 5.52. The zero-order valence-corrected chi connectivity index (χ0v) is 30.9. The third kappa shape index (κ3) is 15.4.